The zero-order valence-electron chi connectivity index (χ0n) is 8.59. The van der Waals surface area contributed by atoms with Gasteiger partial charge < -0.3 is 4.90 Å². The van der Waals surface area contributed by atoms with Crippen molar-refractivity contribution >= 4 is 12.0 Å². The summed E-state index contributed by atoms with van der Waals surface area (Å²) in [6, 6.07) is 3.97. The molecule has 0 aliphatic carbocycles. The molecule has 13 heavy (non-hydrogen) atoms. The van der Waals surface area contributed by atoms with E-state index in [-0.39, 0.29) is 0 Å². The van der Waals surface area contributed by atoms with Gasteiger partial charge >= 0.3 is 0 Å². The van der Waals surface area contributed by atoms with Crippen LogP contribution in [0.5, 0.6) is 0 Å². The number of carbonyl (C=O) groups excluding carboxylic acids is 1. The van der Waals surface area contributed by atoms with Gasteiger partial charge in [0.25, 0.3) is 0 Å². The quantitative estimate of drug-likeness (QED) is 0.645. The zero-order chi connectivity index (χ0) is 10.0. The topological polar surface area (TPSA) is 20.3 Å². The minimum Gasteiger partial charge on any atom is -0.377 e. The number of aryl methyl sites for hydroxylation is 2. The molecule has 0 saturated carbocycles. The van der Waals surface area contributed by atoms with Gasteiger partial charge in [0, 0.05) is 25.3 Å². The molecule has 0 aliphatic heterocycles. The molecule has 0 aliphatic rings. The Hall–Kier alpha value is -1.31. The third kappa shape index (κ3) is 1.89. The predicted octanol–water partition coefficient (Wildman–Crippen LogP) is 2.18. The highest BCUT2D eigenvalue weighted by Crippen LogP contribution is 2.21. The number of hydrogen-bond donors (Lipinski definition) is 0. The van der Waals surface area contributed by atoms with Crippen molar-refractivity contribution in [2.24, 2.45) is 0 Å². The number of nitrogens with zero attached hydrogens (tertiary/aromatic N) is 1. The molecule has 0 heterocycles. The summed E-state index contributed by atoms with van der Waals surface area (Å²) >= 11 is 0. The average Bonchev–Trinajstić information content (AvgIpc) is 2.08. The second kappa shape index (κ2) is 3.60. The Balaban J connectivity index is 3.32. The molecular formula is C11H15NO. The maximum absolute atomic E-state index is 10.8. The fourth-order valence-corrected chi connectivity index (χ4v) is 1.30. The van der Waals surface area contributed by atoms with E-state index in [0.29, 0.717) is 0 Å². The number of carbonyl (C=O) groups is 1. The van der Waals surface area contributed by atoms with Crippen molar-refractivity contribution in [3.8, 4) is 0 Å². The summed E-state index contributed by atoms with van der Waals surface area (Å²) in [5, 5.41) is 0. The molecule has 2 heteroatoms. The van der Waals surface area contributed by atoms with E-state index in [1.807, 2.05) is 38.1 Å². The Labute approximate surface area is 79.2 Å². The van der Waals surface area contributed by atoms with Crippen LogP contribution >= 0.6 is 0 Å². The molecule has 0 aromatic heterocycles. The van der Waals surface area contributed by atoms with Crippen molar-refractivity contribution in [1.82, 2.24) is 0 Å². The molecule has 1 aromatic carbocycles. The predicted molar refractivity (Wildman–Crippen MR) is 55.6 cm³/mol. The van der Waals surface area contributed by atoms with Crippen LogP contribution in [0, 0.1) is 13.8 Å². The Bertz CT molecular complexity index is 329. The highest BCUT2D eigenvalue weighted by Gasteiger charge is 2.05. The third-order valence-corrected chi connectivity index (χ3v) is 2.25. The summed E-state index contributed by atoms with van der Waals surface area (Å²) in [5.41, 5.74) is 4.12. The molecule has 0 fully saturated rings. The van der Waals surface area contributed by atoms with Gasteiger partial charge in [-0.25, -0.2) is 0 Å². The Morgan fingerprint density at radius 2 is 1.69 bits per heavy atom. The number of anilines is 1. The Morgan fingerprint density at radius 3 is 2.15 bits per heavy atom. The van der Waals surface area contributed by atoms with Crippen molar-refractivity contribution in [2.45, 2.75) is 13.8 Å². The van der Waals surface area contributed by atoms with Gasteiger partial charge in [-0.15, -0.1) is 0 Å². The van der Waals surface area contributed by atoms with Crippen molar-refractivity contribution in [3.05, 3.63) is 28.8 Å². The summed E-state index contributed by atoms with van der Waals surface area (Å²) in [7, 11) is 3.88. The number of rotatable bonds is 2. The third-order valence-electron chi connectivity index (χ3n) is 2.25. The Morgan fingerprint density at radius 1 is 1.15 bits per heavy atom. The molecule has 0 spiro atoms. The van der Waals surface area contributed by atoms with Gasteiger partial charge in [0.2, 0.25) is 0 Å². The molecule has 0 amide bonds. The van der Waals surface area contributed by atoms with Crippen LogP contribution in [0.4, 0.5) is 5.69 Å². The fraction of sp³-hybridized carbons (Fsp3) is 0.364. The number of hydrogen-bond acceptors (Lipinski definition) is 2. The molecule has 1 aromatic rings. The normalized spacial score (nSPS) is 9.85. The van der Waals surface area contributed by atoms with E-state index in [4.69, 9.17) is 0 Å². The van der Waals surface area contributed by atoms with E-state index >= 15 is 0 Å². The molecule has 0 atom stereocenters. The second-order valence-electron chi connectivity index (χ2n) is 3.51. The molecule has 0 radical (unpaired) electrons. The summed E-state index contributed by atoms with van der Waals surface area (Å²) in [6.45, 7) is 4.07. The second-order valence-corrected chi connectivity index (χ2v) is 3.51. The van der Waals surface area contributed by atoms with Crippen LogP contribution in [0.25, 0.3) is 0 Å². The van der Waals surface area contributed by atoms with Crippen LogP contribution in [-0.2, 0) is 0 Å². The summed E-state index contributed by atoms with van der Waals surface area (Å²) in [5.74, 6) is 0. The molecule has 0 unspecified atom stereocenters. The lowest BCUT2D eigenvalue weighted by atomic mass is 10.0. The number of benzene rings is 1. The van der Waals surface area contributed by atoms with E-state index < -0.39 is 0 Å². The van der Waals surface area contributed by atoms with Crippen molar-refractivity contribution < 1.29 is 4.79 Å². The smallest absolute Gasteiger partial charge is 0.152 e. The largest absolute Gasteiger partial charge is 0.377 e. The van der Waals surface area contributed by atoms with Gasteiger partial charge in [-0.2, -0.15) is 0 Å². The van der Waals surface area contributed by atoms with E-state index in [1.165, 1.54) is 5.56 Å². The van der Waals surface area contributed by atoms with E-state index in [1.54, 1.807) is 0 Å². The van der Waals surface area contributed by atoms with Crippen LogP contribution in [0.3, 0.4) is 0 Å². The highest BCUT2D eigenvalue weighted by atomic mass is 16.1. The van der Waals surface area contributed by atoms with Crippen LogP contribution in [-0.4, -0.2) is 20.4 Å². The molecule has 1 rings (SSSR count). The van der Waals surface area contributed by atoms with Gasteiger partial charge in [0.1, 0.15) is 0 Å². The van der Waals surface area contributed by atoms with Crippen LogP contribution in [0.2, 0.25) is 0 Å². The van der Waals surface area contributed by atoms with E-state index in [0.717, 1.165) is 23.1 Å². The molecule has 0 saturated heterocycles. The van der Waals surface area contributed by atoms with Crippen LogP contribution in [0.15, 0.2) is 12.1 Å². The lowest BCUT2D eigenvalue weighted by Gasteiger charge is -2.16. The molecule has 2 nitrogen and oxygen atoms in total. The monoisotopic (exact) mass is 177 g/mol. The van der Waals surface area contributed by atoms with Crippen LogP contribution < -0.4 is 4.90 Å². The van der Waals surface area contributed by atoms with Gasteiger partial charge in [-0.1, -0.05) is 0 Å². The molecule has 0 N–H and O–H groups in total. The first-order chi connectivity index (χ1) is 6.06. The lowest BCUT2D eigenvalue weighted by Crippen LogP contribution is -2.11. The first-order valence-electron chi connectivity index (χ1n) is 4.30. The van der Waals surface area contributed by atoms with Crippen molar-refractivity contribution in [2.75, 3.05) is 19.0 Å². The first-order valence-corrected chi connectivity index (χ1v) is 4.30. The van der Waals surface area contributed by atoms with Gasteiger partial charge in [-0.05, 0) is 37.1 Å². The molecule has 70 valence electrons. The van der Waals surface area contributed by atoms with Gasteiger partial charge in [-0.3, -0.25) is 4.79 Å². The lowest BCUT2D eigenvalue weighted by molar-refractivity contribution is 0.112. The summed E-state index contributed by atoms with van der Waals surface area (Å²) in [4.78, 5) is 12.7. The average molecular weight is 177 g/mol. The summed E-state index contributed by atoms with van der Waals surface area (Å²) < 4.78 is 0. The van der Waals surface area contributed by atoms with Crippen LogP contribution in [0.1, 0.15) is 21.5 Å². The minimum atomic E-state index is 0.758. The summed E-state index contributed by atoms with van der Waals surface area (Å²) in [6.07, 6.45) is 0.905. The molecular weight excluding hydrogens is 162 g/mol. The fourth-order valence-electron chi connectivity index (χ4n) is 1.30. The van der Waals surface area contributed by atoms with E-state index in [9.17, 15) is 4.79 Å². The van der Waals surface area contributed by atoms with Gasteiger partial charge in [0.15, 0.2) is 6.29 Å². The van der Waals surface area contributed by atoms with E-state index in [2.05, 4.69) is 6.92 Å². The first kappa shape index (κ1) is 9.78. The van der Waals surface area contributed by atoms with Crippen molar-refractivity contribution in [1.29, 1.82) is 0 Å². The van der Waals surface area contributed by atoms with Crippen molar-refractivity contribution in [3.63, 3.8) is 0 Å². The van der Waals surface area contributed by atoms with Gasteiger partial charge in [0.05, 0.1) is 0 Å². The maximum atomic E-state index is 10.8. The minimum absolute atomic E-state index is 0.758. The Kier molecular flexibility index (Phi) is 2.71. The maximum Gasteiger partial charge on any atom is 0.152 e. The standard InChI is InChI=1S/C11H15NO/c1-8-5-10(7-13)11(12(3)4)6-9(8)2/h5-7H,1-4H3. The molecule has 0 bridgehead atoms. The zero-order valence-corrected chi connectivity index (χ0v) is 8.59. The SMILES string of the molecule is Cc1cc(C=O)c(N(C)C)cc1C. The highest BCUT2D eigenvalue weighted by molar-refractivity contribution is 5.85. The number of aldehydes is 1.